The highest BCUT2D eigenvalue weighted by Crippen LogP contribution is 2.31. The van der Waals surface area contributed by atoms with Crippen LogP contribution in [0.25, 0.3) is 16.7 Å². The average Bonchev–Trinajstić information content (AvgIpc) is 3.11. The second kappa shape index (κ2) is 8.24. The van der Waals surface area contributed by atoms with E-state index in [2.05, 4.69) is 4.57 Å². The largest absolute Gasteiger partial charge is 0.497 e. The quantitative estimate of drug-likeness (QED) is 0.618. The highest BCUT2D eigenvalue weighted by molar-refractivity contribution is 8.00. The molecule has 1 aliphatic rings. The minimum atomic E-state index is -0.230. The summed E-state index contributed by atoms with van der Waals surface area (Å²) in [6, 6.07) is 15.9. The van der Waals surface area contributed by atoms with Gasteiger partial charge < -0.3 is 14.4 Å². The van der Waals surface area contributed by atoms with E-state index in [1.807, 2.05) is 60.4 Å². The normalized spacial score (nSPS) is 15.6. The standard InChI is InChI=1S/C21H23N3O3S/c1-15(20(25)23-11-13-27-14-12-23)28-21-22-18-5-3-4-6-19(18)24(21)16-7-9-17(26-2)10-8-16/h3-10,15H,11-14H2,1-2H3/t15-/m1/s1. The number of benzene rings is 2. The summed E-state index contributed by atoms with van der Waals surface area (Å²) >= 11 is 1.49. The lowest BCUT2D eigenvalue weighted by molar-refractivity contribution is -0.134. The van der Waals surface area contributed by atoms with Gasteiger partial charge in [0.25, 0.3) is 0 Å². The lowest BCUT2D eigenvalue weighted by atomic mass is 10.2. The Kier molecular flexibility index (Phi) is 5.54. The van der Waals surface area contributed by atoms with E-state index >= 15 is 0 Å². The fraction of sp³-hybridized carbons (Fsp3) is 0.333. The third kappa shape index (κ3) is 3.72. The van der Waals surface area contributed by atoms with Crippen molar-refractivity contribution in [2.75, 3.05) is 33.4 Å². The number of fused-ring (bicyclic) bond motifs is 1. The number of ether oxygens (including phenoxy) is 2. The van der Waals surface area contributed by atoms with Gasteiger partial charge in [-0.2, -0.15) is 0 Å². The molecule has 6 nitrogen and oxygen atoms in total. The summed E-state index contributed by atoms with van der Waals surface area (Å²) in [6.45, 7) is 4.46. The van der Waals surface area contributed by atoms with Crippen molar-refractivity contribution in [2.24, 2.45) is 0 Å². The summed E-state index contributed by atoms with van der Waals surface area (Å²) in [7, 11) is 1.65. The Labute approximate surface area is 168 Å². The number of hydrogen-bond acceptors (Lipinski definition) is 5. The number of carbonyl (C=O) groups is 1. The maximum absolute atomic E-state index is 12.8. The lowest BCUT2D eigenvalue weighted by Crippen LogP contribution is -2.44. The van der Waals surface area contributed by atoms with E-state index in [1.165, 1.54) is 11.8 Å². The van der Waals surface area contributed by atoms with E-state index in [0.717, 1.165) is 27.6 Å². The number of para-hydroxylation sites is 2. The first-order chi connectivity index (χ1) is 13.7. The van der Waals surface area contributed by atoms with Crippen LogP contribution < -0.4 is 4.74 Å². The summed E-state index contributed by atoms with van der Waals surface area (Å²) in [5, 5.41) is 0.576. The topological polar surface area (TPSA) is 56.6 Å². The Morgan fingerprint density at radius 1 is 1.14 bits per heavy atom. The molecule has 1 aliphatic heterocycles. The van der Waals surface area contributed by atoms with Gasteiger partial charge in [-0.25, -0.2) is 4.98 Å². The van der Waals surface area contributed by atoms with Crippen molar-refractivity contribution in [2.45, 2.75) is 17.3 Å². The number of amides is 1. The van der Waals surface area contributed by atoms with Crippen LogP contribution >= 0.6 is 11.8 Å². The van der Waals surface area contributed by atoms with Crippen molar-refractivity contribution >= 4 is 28.7 Å². The predicted octanol–water partition coefficient (Wildman–Crippen LogP) is 3.37. The van der Waals surface area contributed by atoms with Gasteiger partial charge in [0.1, 0.15) is 5.75 Å². The van der Waals surface area contributed by atoms with E-state index in [1.54, 1.807) is 7.11 Å². The number of hydrogen-bond donors (Lipinski definition) is 0. The Bertz CT molecular complexity index is 965. The second-order valence-corrected chi connectivity index (χ2v) is 7.92. The maximum atomic E-state index is 12.8. The Morgan fingerprint density at radius 2 is 1.86 bits per heavy atom. The Hall–Kier alpha value is -2.51. The molecular weight excluding hydrogens is 374 g/mol. The smallest absolute Gasteiger partial charge is 0.236 e. The summed E-state index contributed by atoms with van der Waals surface area (Å²) in [5.74, 6) is 0.930. The van der Waals surface area contributed by atoms with E-state index in [4.69, 9.17) is 14.5 Å². The second-order valence-electron chi connectivity index (χ2n) is 6.61. The number of methoxy groups -OCH3 is 1. The van der Waals surface area contributed by atoms with Crippen LogP contribution in [0, 0.1) is 0 Å². The molecule has 3 aromatic rings. The summed E-state index contributed by atoms with van der Waals surface area (Å²) in [5.41, 5.74) is 2.91. The fourth-order valence-corrected chi connectivity index (χ4v) is 4.34. The number of thioether (sulfide) groups is 1. The predicted molar refractivity (Wildman–Crippen MR) is 110 cm³/mol. The van der Waals surface area contributed by atoms with Crippen LogP contribution in [0.5, 0.6) is 5.75 Å². The fourth-order valence-electron chi connectivity index (χ4n) is 3.31. The molecule has 2 aromatic carbocycles. The zero-order chi connectivity index (χ0) is 19.5. The molecule has 1 atom stereocenters. The van der Waals surface area contributed by atoms with Crippen molar-refractivity contribution < 1.29 is 14.3 Å². The van der Waals surface area contributed by atoms with E-state index in [0.29, 0.717) is 26.3 Å². The van der Waals surface area contributed by atoms with Crippen molar-refractivity contribution in [3.63, 3.8) is 0 Å². The van der Waals surface area contributed by atoms with Gasteiger partial charge in [0.15, 0.2) is 5.16 Å². The number of morpholine rings is 1. The minimum absolute atomic E-state index is 0.127. The molecule has 1 fully saturated rings. The summed E-state index contributed by atoms with van der Waals surface area (Å²) in [4.78, 5) is 19.5. The maximum Gasteiger partial charge on any atom is 0.236 e. The van der Waals surface area contributed by atoms with Crippen molar-refractivity contribution in [1.82, 2.24) is 14.5 Å². The molecule has 28 heavy (non-hydrogen) atoms. The zero-order valence-electron chi connectivity index (χ0n) is 16.0. The first-order valence-electron chi connectivity index (χ1n) is 9.32. The van der Waals surface area contributed by atoms with Gasteiger partial charge in [-0.15, -0.1) is 0 Å². The molecule has 0 N–H and O–H groups in total. The monoisotopic (exact) mass is 397 g/mol. The van der Waals surface area contributed by atoms with Crippen LogP contribution in [0.1, 0.15) is 6.92 Å². The van der Waals surface area contributed by atoms with E-state index < -0.39 is 0 Å². The molecule has 0 aliphatic carbocycles. The zero-order valence-corrected chi connectivity index (χ0v) is 16.8. The molecule has 1 aromatic heterocycles. The van der Waals surface area contributed by atoms with Crippen LogP contribution in [0.2, 0.25) is 0 Å². The van der Waals surface area contributed by atoms with Crippen molar-refractivity contribution in [1.29, 1.82) is 0 Å². The van der Waals surface area contributed by atoms with Crippen LogP contribution in [-0.2, 0) is 9.53 Å². The SMILES string of the molecule is COc1ccc(-n2c(S[C@H](C)C(=O)N3CCOCC3)nc3ccccc32)cc1. The van der Waals surface area contributed by atoms with Crippen molar-refractivity contribution in [3.05, 3.63) is 48.5 Å². The van der Waals surface area contributed by atoms with Crippen LogP contribution in [0.15, 0.2) is 53.7 Å². The highest BCUT2D eigenvalue weighted by atomic mass is 32.2. The molecule has 0 radical (unpaired) electrons. The van der Waals surface area contributed by atoms with Gasteiger partial charge in [0, 0.05) is 18.8 Å². The van der Waals surface area contributed by atoms with Gasteiger partial charge in [-0.3, -0.25) is 9.36 Å². The first kappa shape index (κ1) is 18.8. The van der Waals surface area contributed by atoms with E-state index in [-0.39, 0.29) is 11.2 Å². The third-order valence-electron chi connectivity index (χ3n) is 4.81. The molecule has 0 saturated carbocycles. The van der Waals surface area contributed by atoms with Gasteiger partial charge in [-0.05, 0) is 43.3 Å². The Morgan fingerprint density at radius 3 is 2.57 bits per heavy atom. The number of imidazole rings is 1. The molecular formula is C21H23N3O3S. The molecule has 0 unspecified atom stereocenters. The number of nitrogens with zero attached hydrogens (tertiary/aromatic N) is 3. The number of rotatable bonds is 5. The number of carbonyl (C=O) groups excluding carboxylic acids is 1. The third-order valence-corrected chi connectivity index (χ3v) is 5.85. The van der Waals surface area contributed by atoms with Gasteiger partial charge in [0.05, 0.1) is 36.6 Å². The minimum Gasteiger partial charge on any atom is -0.497 e. The summed E-state index contributed by atoms with van der Waals surface area (Å²) < 4.78 is 12.7. The van der Waals surface area contributed by atoms with Crippen LogP contribution in [0.3, 0.4) is 0 Å². The van der Waals surface area contributed by atoms with Gasteiger partial charge >= 0.3 is 0 Å². The molecule has 0 bridgehead atoms. The van der Waals surface area contributed by atoms with Gasteiger partial charge in [0.2, 0.25) is 5.91 Å². The van der Waals surface area contributed by atoms with Crippen LogP contribution in [0.4, 0.5) is 0 Å². The molecule has 1 amide bonds. The number of aromatic nitrogens is 2. The Balaban J connectivity index is 1.67. The van der Waals surface area contributed by atoms with Gasteiger partial charge in [-0.1, -0.05) is 23.9 Å². The van der Waals surface area contributed by atoms with Crippen LogP contribution in [-0.4, -0.2) is 59.0 Å². The highest BCUT2D eigenvalue weighted by Gasteiger charge is 2.25. The lowest BCUT2D eigenvalue weighted by Gasteiger charge is -2.29. The first-order valence-corrected chi connectivity index (χ1v) is 10.2. The summed E-state index contributed by atoms with van der Waals surface area (Å²) in [6.07, 6.45) is 0. The van der Waals surface area contributed by atoms with Crippen molar-refractivity contribution in [3.8, 4) is 11.4 Å². The molecule has 1 saturated heterocycles. The molecule has 0 spiro atoms. The molecule has 2 heterocycles. The molecule has 7 heteroatoms. The molecule has 146 valence electrons. The average molecular weight is 398 g/mol. The molecule has 4 rings (SSSR count). The van der Waals surface area contributed by atoms with E-state index in [9.17, 15) is 4.79 Å².